The van der Waals surface area contributed by atoms with Crippen LogP contribution in [0.5, 0.6) is 5.75 Å². The normalized spacial score (nSPS) is 19.2. The number of benzene rings is 1. The largest absolute Gasteiger partial charge is 0.492 e. The molecule has 0 atom stereocenters. The summed E-state index contributed by atoms with van der Waals surface area (Å²) in [4.78, 5) is 9.13. The predicted octanol–water partition coefficient (Wildman–Crippen LogP) is 1.55. The van der Waals surface area contributed by atoms with E-state index >= 15 is 0 Å². The molecule has 1 fully saturated rings. The number of hydrogen-bond acceptors (Lipinski definition) is 5. The van der Waals surface area contributed by atoms with Gasteiger partial charge in [-0.25, -0.2) is 4.99 Å². The highest BCUT2D eigenvalue weighted by molar-refractivity contribution is 5.86. The van der Waals surface area contributed by atoms with Gasteiger partial charge in [-0.2, -0.15) is 0 Å². The van der Waals surface area contributed by atoms with Gasteiger partial charge >= 0.3 is 0 Å². The molecule has 5 heteroatoms. The first-order chi connectivity index (χ1) is 10.2. The van der Waals surface area contributed by atoms with Gasteiger partial charge in [0.05, 0.1) is 12.0 Å². The number of nitrogens with one attached hydrogen (secondary N) is 1. The second-order valence-corrected chi connectivity index (χ2v) is 5.55. The van der Waals surface area contributed by atoms with Crippen LogP contribution in [0.25, 0.3) is 5.70 Å². The summed E-state index contributed by atoms with van der Waals surface area (Å²) in [6, 6.07) is 5.96. The average molecular weight is 286 g/mol. The Balaban J connectivity index is 1.52. The minimum absolute atomic E-state index is 0.714. The lowest BCUT2D eigenvalue weighted by Crippen LogP contribution is -2.45. The van der Waals surface area contributed by atoms with Crippen LogP contribution in [-0.4, -0.2) is 62.5 Å². The van der Waals surface area contributed by atoms with Crippen LogP contribution in [0.4, 0.5) is 5.69 Å². The molecule has 1 N–H and O–H groups in total. The van der Waals surface area contributed by atoms with Crippen LogP contribution < -0.4 is 10.1 Å². The van der Waals surface area contributed by atoms with Crippen molar-refractivity contribution in [3.8, 4) is 5.75 Å². The van der Waals surface area contributed by atoms with Crippen LogP contribution in [0.3, 0.4) is 0 Å². The summed E-state index contributed by atoms with van der Waals surface area (Å²) in [7, 11) is 2.17. The van der Waals surface area contributed by atoms with Crippen molar-refractivity contribution in [1.29, 1.82) is 0 Å². The SMILES string of the molecule is C=C1NC=Nc2cc(OCCN3CCN(C)CC3)ccc21. The highest BCUT2D eigenvalue weighted by Crippen LogP contribution is 2.30. The van der Waals surface area contributed by atoms with Crippen LogP contribution >= 0.6 is 0 Å². The number of nitrogens with zero attached hydrogens (tertiary/aromatic N) is 3. The Morgan fingerprint density at radius 2 is 2.10 bits per heavy atom. The van der Waals surface area contributed by atoms with Gasteiger partial charge in [0.15, 0.2) is 0 Å². The molecule has 2 aliphatic rings. The lowest BCUT2D eigenvalue weighted by molar-refractivity contribution is 0.134. The van der Waals surface area contributed by atoms with Gasteiger partial charge in [-0.1, -0.05) is 6.58 Å². The maximum absolute atomic E-state index is 5.86. The first-order valence-electron chi connectivity index (χ1n) is 7.38. The Kier molecular flexibility index (Phi) is 4.22. The zero-order chi connectivity index (χ0) is 14.7. The summed E-state index contributed by atoms with van der Waals surface area (Å²) in [6.07, 6.45) is 1.67. The van der Waals surface area contributed by atoms with Crippen molar-refractivity contribution in [2.45, 2.75) is 0 Å². The van der Waals surface area contributed by atoms with E-state index < -0.39 is 0 Å². The molecule has 1 saturated heterocycles. The summed E-state index contributed by atoms with van der Waals surface area (Å²) in [5, 5.41) is 3.01. The summed E-state index contributed by atoms with van der Waals surface area (Å²) in [5.41, 5.74) is 2.82. The topological polar surface area (TPSA) is 40.1 Å². The van der Waals surface area contributed by atoms with E-state index in [9.17, 15) is 0 Å². The molecular weight excluding hydrogens is 264 g/mol. The summed E-state index contributed by atoms with van der Waals surface area (Å²) >= 11 is 0. The van der Waals surface area contributed by atoms with Crippen molar-refractivity contribution in [2.24, 2.45) is 4.99 Å². The number of ether oxygens (including phenoxy) is 1. The fourth-order valence-corrected chi connectivity index (χ4v) is 2.58. The van der Waals surface area contributed by atoms with E-state index in [1.165, 1.54) is 0 Å². The number of hydrogen-bond donors (Lipinski definition) is 1. The Labute approximate surface area is 125 Å². The minimum Gasteiger partial charge on any atom is -0.492 e. The zero-order valence-electron chi connectivity index (χ0n) is 12.5. The predicted molar refractivity (Wildman–Crippen MR) is 86.2 cm³/mol. The molecule has 1 aromatic carbocycles. The van der Waals surface area contributed by atoms with E-state index in [0.29, 0.717) is 6.61 Å². The van der Waals surface area contributed by atoms with E-state index in [1.54, 1.807) is 6.34 Å². The van der Waals surface area contributed by atoms with Crippen molar-refractivity contribution < 1.29 is 4.74 Å². The molecule has 0 aromatic heterocycles. The average Bonchev–Trinajstić information content (AvgIpc) is 2.49. The van der Waals surface area contributed by atoms with Gasteiger partial charge in [0.25, 0.3) is 0 Å². The van der Waals surface area contributed by atoms with Gasteiger partial charge in [0, 0.05) is 50.1 Å². The highest BCUT2D eigenvalue weighted by Gasteiger charge is 2.14. The minimum atomic E-state index is 0.714. The molecule has 112 valence electrons. The molecular formula is C16H22N4O. The fraction of sp³-hybridized carbons (Fsp3) is 0.438. The molecule has 5 nitrogen and oxygen atoms in total. The smallest absolute Gasteiger partial charge is 0.121 e. The zero-order valence-corrected chi connectivity index (χ0v) is 12.5. The second-order valence-electron chi connectivity index (χ2n) is 5.55. The van der Waals surface area contributed by atoms with Gasteiger partial charge in [-0.3, -0.25) is 4.90 Å². The molecule has 0 radical (unpaired) electrons. The summed E-state index contributed by atoms with van der Waals surface area (Å²) in [5.74, 6) is 0.870. The lowest BCUT2D eigenvalue weighted by Gasteiger charge is -2.32. The van der Waals surface area contributed by atoms with Crippen LogP contribution in [0.2, 0.25) is 0 Å². The molecule has 0 spiro atoms. The number of piperazine rings is 1. The Bertz CT molecular complexity index is 547. The van der Waals surface area contributed by atoms with Gasteiger partial charge in [-0.15, -0.1) is 0 Å². The van der Waals surface area contributed by atoms with Crippen molar-refractivity contribution in [3.63, 3.8) is 0 Å². The quantitative estimate of drug-likeness (QED) is 0.911. The fourth-order valence-electron chi connectivity index (χ4n) is 2.58. The number of rotatable bonds is 4. The van der Waals surface area contributed by atoms with Crippen molar-refractivity contribution in [1.82, 2.24) is 15.1 Å². The lowest BCUT2D eigenvalue weighted by atomic mass is 10.1. The number of likely N-dealkylation sites (N-methyl/N-ethyl adjacent to an activating group) is 1. The van der Waals surface area contributed by atoms with Crippen molar-refractivity contribution >= 4 is 17.7 Å². The third-order valence-electron chi connectivity index (χ3n) is 4.01. The Hall–Kier alpha value is -1.85. The maximum atomic E-state index is 5.86. The van der Waals surface area contributed by atoms with Gasteiger partial charge < -0.3 is 15.0 Å². The number of aliphatic imine (C=N–C) groups is 1. The first-order valence-corrected chi connectivity index (χ1v) is 7.38. The Morgan fingerprint density at radius 3 is 2.90 bits per heavy atom. The van der Waals surface area contributed by atoms with Crippen LogP contribution in [0.1, 0.15) is 5.56 Å². The van der Waals surface area contributed by atoms with Crippen LogP contribution in [-0.2, 0) is 0 Å². The van der Waals surface area contributed by atoms with E-state index in [4.69, 9.17) is 4.74 Å². The van der Waals surface area contributed by atoms with Gasteiger partial charge in [0.1, 0.15) is 12.4 Å². The third-order valence-corrected chi connectivity index (χ3v) is 4.01. The maximum Gasteiger partial charge on any atom is 0.121 e. The highest BCUT2D eigenvalue weighted by atomic mass is 16.5. The molecule has 0 saturated carbocycles. The van der Waals surface area contributed by atoms with E-state index in [1.807, 2.05) is 18.2 Å². The van der Waals surface area contributed by atoms with Gasteiger partial charge in [-0.05, 0) is 19.2 Å². The molecule has 1 aromatic rings. The molecule has 21 heavy (non-hydrogen) atoms. The molecule has 0 amide bonds. The van der Waals surface area contributed by atoms with Crippen molar-refractivity contribution in [3.05, 3.63) is 30.3 Å². The monoisotopic (exact) mass is 286 g/mol. The van der Waals surface area contributed by atoms with Gasteiger partial charge in [0.2, 0.25) is 0 Å². The molecule has 2 aliphatic heterocycles. The van der Waals surface area contributed by atoms with E-state index in [-0.39, 0.29) is 0 Å². The number of fused-ring (bicyclic) bond motifs is 1. The standard InChI is InChI=1S/C16H22N4O/c1-13-15-4-3-14(11-16(15)18-12-17-13)21-10-9-20-7-5-19(2)6-8-20/h3-4,11-12H,1,5-10H2,2H3,(H,17,18). The first kappa shape index (κ1) is 14.1. The Morgan fingerprint density at radius 1 is 1.29 bits per heavy atom. The van der Waals surface area contributed by atoms with Crippen LogP contribution in [0.15, 0.2) is 29.8 Å². The van der Waals surface area contributed by atoms with Crippen molar-refractivity contribution in [2.75, 3.05) is 46.4 Å². The third kappa shape index (κ3) is 3.43. The molecule has 0 aliphatic carbocycles. The van der Waals surface area contributed by atoms with E-state index in [0.717, 1.165) is 55.4 Å². The van der Waals surface area contributed by atoms with E-state index in [2.05, 4.69) is 33.7 Å². The summed E-state index contributed by atoms with van der Waals surface area (Å²) < 4.78 is 5.86. The molecule has 2 heterocycles. The van der Waals surface area contributed by atoms with Crippen LogP contribution in [0, 0.1) is 0 Å². The molecule has 0 bridgehead atoms. The second kappa shape index (κ2) is 6.28. The molecule has 0 unspecified atom stereocenters. The summed E-state index contributed by atoms with van der Waals surface area (Å²) in [6.45, 7) is 10.2. The molecule has 3 rings (SSSR count).